The lowest BCUT2D eigenvalue weighted by Gasteiger charge is -2.33. The quantitative estimate of drug-likeness (QED) is 0.585. The Labute approximate surface area is 93.7 Å². The highest BCUT2D eigenvalue weighted by Crippen LogP contribution is 2.20. The molecule has 2 rings (SSSR count). The smallest absolute Gasteiger partial charge is 0.249 e. The van der Waals surface area contributed by atoms with Gasteiger partial charge < -0.3 is 9.64 Å². The molecule has 2 unspecified atom stereocenters. The standard InChI is InChI=1S/C9H12N2O4S/c10-3-8-4-11(9(12)5-15-8)7-1-2-16(13,14)6-7/h7-8H,1-2,4-6H2. The van der Waals surface area contributed by atoms with E-state index >= 15 is 0 Å². The molecule has 2 atom stereocenters. The van der Waals surface area contributed by atoms with Crippen molar-refractivity contribution in [3.63, 3.8) is 0 Å². The Morgan fingerprint density at radius 3 is 2.81 bits per heavy atom. The molecule has 1 amide bonds. The zero-order valence-corrected chi connectivity index (χ0v) is 9.44. The summed E-state index contributed by atoms with van der Waals surface area (Å²) in [6, 6.07) is 1.65. The summed E-state index contributed by atoms with van der Waals surface area (Å²) in [5.41, 5.74) is 0. The fourth-order valence-corrected chi connectivity index (χ4v) is 3.77. The Bertz CT molecular complexity index is 439. The number of hydrogen-bond acceptors (Lipinski definition) is 5. The van der Waals surface area contributed by atoms with Crippen LogP contribution in [0.25, 0.3) is 0 Å². The van der Waals surface area contributed by atoms with Crippen LogP contribution in [0, 0.1) is 11.3 Å². The molecule has 0 aromatic carbocycles. The number of rotatable bonds is 1. The largest absolute Gasteiger partial charge is 0.352 e. The predicted molar refractivity (Wildman–Crippen MR) is 54.1 cm³/mol. The molecule has 0 N–H and O–H groups in total. The minimum Gasteiger partial charge on any atom is -0.352 e. The second-order valence-corrected chi connectivity index (χ2v) is 6.26. The first-order valence-corrected chi connectivity index (χ1v) is 6.85. The molecule has 0 saturated carbocycles. The second kappa shape index (κ2) is 4.03. The Hall–Kier alpha value is -1.13. The third kappa shape index (κ3) is 2.18. The number of ether oxygens (including phenoxy) is 1. The lowest BCUT2D eigenvalue weighted by molar-refractivity contribution is -0.148. The summed E-state index contributed by atoms with van der Waals surface area (Å²) in [6.45, 7) is 0.0459. The number of carbonyl (C=O) groups excluding carboxylic acids is 1. The van der Waals surface area contributed by atoms with Gasteiger partial charge in [0.15, 0.2) is 15.9 Å². The summed E-state index contributed by atoms with van der Waals surface area (Å²) in [7, 11) is -3.01. The van der Waals surface area contributed by atoms with Crippen molar-refractivity contribution in [3.05, 3.63) is 0 Å². The number of nitrogens with zero attached hydrogens (tertiary/aromatic N) is 2. The molecule has 2 heterocycles. The van der Waals surface area contributed by atoms with Crippen LogP contribution in [0.4, 0.5) is 0 Å². The highest BCUT2D eigenvalue weighted by atomic mass is 32.2. The normalized spacial score (nSPS) is 33.7. The van der Waals surface area contributed by atoms with Gasteiger partial charge in [0.1, 0.15) is 6.61 Å². The number of morpholine rings is 1. The van der Waals surface area contributed by atoms with Crippen LogP contribution in [-0.2, 0) is 19.4 Å². The van der Waals surface area contributed by atoms with Crippen molar-refractivity contribution in [2.24, 2.45) is 0 Å². The molecule has 2 aliphatic rings. The van der Waals surface area contributed by atoms with Gasteiger partial charge >= 0.3 is 0 Å². The van der Waals surface area contributed by atoms with E-state index in [0.29, 0.717) is 6.42 Å². The summed E-state index contributed by atoms with van der Waals surface area (Å²) < 4.78 is 27.6. The van der Waals surface area contributed by atoms with Gasteiger partial charge in [-0.1, -0.05) is 0 Å². The van der Waals surface area contributed by atoms with Gasteiger partial charge in [-0.25, -0.2) is 8.42 Å². The molecular formula is C9H12N2O4S. The van der Waals surface area contributed by atoms with E-state index in [1.165, 1.54) is 4.90 Å². The van der Waals surface area contributed by atoms with Crippen LogP contribution in [0.1, 0.15) is 6.42 Å². The number of sulfone groups is 1. The van der Waals surface area contributed by atoms with Crippen LogP contribution in [0.3, 0.4) is 0 Å². The molecule has 0 aliphatic carbocycles. The van der Waals surface area contributed by atoms with Gasteiger partial charge in [-0.2, -0.15) is 5.26 Å². The van der Waals surface area contributed by atoms with Crippen LogP contribution in [-0.4, -0.2) is 56.0 Å². The van der Waals surface area contributed by atoms with E-state index in [1.807, 2.05) is 6.07 Å². The molecule has 0 bridgehead atoms. The summed E-state index contributed by atoms with van der Waals surface area (Å²) >= 11 is 0. The molecule has 2 saturated heterocycles. The molecule has 88 valence electrons. The second-order valence-electron chi connectivity index (χ2n) is 4.03. The lowest BCUT2D eigenvalue weighted by Crippen LogP contribution is -2.51. The van der Waals surface area contributed by atoms with Gasteiger partial charge in [-0.15, -0.1) is 0 Å². The molecular weight excluding hydrogens is 232 g/mol. The maximum absolute atomic E-state index is 11.6. The number of carbonyl (C=O) groups is 1. The van der Waals surface area contributed by atoms with Crippen LogP contribution >= 0.6 is 0 Å². The van der Waals surface area contributed by atoms with E-state index in [-0.39, 0.29) is 36.6 Å². The molecule has 6 nitrogen and oxygen atoms in total. The van der Waals surface area contributed by atoms with Crippen molar-refractivity contribution in [1.82, 2.24) is 4.90 Å². The van der Waals surface area contributed by atoms with Crippen molar-refractivity contribution in [2.45, 2.75) is 18.6 Å². The monoisotopic (exact) mass is 244 g/mol. The summed E-state index contributed by atoms with van der Waals surface area (Å²) in [6.07, 6.45) is -0.173. The van der Waals surface area contributed by atoms with Gasteiger partial charge in [0.05, 0.1) is 24.1 Å². The van der Waals surface area contributed by atoms with Crippen molar-refractivity contribution < 1.29 is 17.9 Å². The Morgan fingerprint density at radius 2 is 2.25 bits per heavy atom. The first-order valence-electron chi connectivity index (χ1n) is 5.03. The minimum atomic E-state index is -3.01. The summed E-state index contributed by atoms with van der Waals surface area (Å²) in [5.74, 6) is -0.0928. The van der Waals surface area contributed by atoms with Crippen LogP contribution in [0.2, 0.25) is 0 Å². The molecule has 2 fully saturated rings. The maximum Gasteiger partial charge on any atom is 0.249 e. The fourth-order valence-electron chi connectivity index (χ4n) is 2.04. The SMILES string of the molecule is N#CC1CN(C2CCS(=O)(=O)C2)C(=O)CO1. The third-order valence-corrected chi connectivity index (χ3v) is 4.63. The first-order chi connectivity index (χ1) is 7.52. The molecule has 0 spiro atoms. The highest BCUT2D eigenvalue weighted by Gasteiger charge is 2.37. The van der Waals surface area contributed by atoms with E-state index in [2.05, 4.69) is 0 Å². The molecule has 0 radical (unpaired) electrons. The van der Waals surface area contributed by atoms with Crippen LogP contribution in [0.5, 0.6) is 0 Å². The summed E-state index contributed by atoms with van der Waals surface area (Å²) in [5, 5.41) is 8.71. The van der Waals surface area contributed by atoms with Gasteiger partial charge in [0, 0.05) is 6.04 Å². The van der Waals surface area contributed by atoms with E-state index in [0.717, 1.165) is 0 Å². The van der Waals surface area contributed by atoms with E-state index in [9.17, 15) is 13.2 Å². The van der Waals surface area contributed by atoms with Gasteiger partial charge in [-0.3, -0.25) is 4.79 Å². The maximum atomic E-state index is 11.6. The number of amides is 1. The molecule has 2 aliphatic heterocycles. The molecule has 7 heteroatoms. The third-order valence-electron chi connectivity index (χ3n) is 2.88. The van der Waals surface area contributed by atoms with Gasteiger partial charge in [0.25, 0.3) is 0 Å². The molecule has 0 aromatic rings. The van der Waals surface area contributed by atoms with Crippen molar-refractivity contribution in [3.8, 4) is 6.07 Å². The zero-order valence-electron chi connectivity index (χ0n) is 8.63. The zero-order chi connectivity index (χ0) is 11.8. The molecule has 16 heavy (non-hydrogen) atoms. The highest BCUT2D eigenvalue weighted by molar-refractivity contribution is 7.91. The minimum absolute atomic E-state index is 0.0108. The summed E-state index contributed by atoms with van der Waals surface area (Å²) in [4.78, 5) is 13.0. The van der Waals surface area contributed by atoms with Gasteiger partial charge in [0.2, 0.25) is 5.91 Å². The average Bonchev–Trinajstić information content (AvgIpc) is 2.59. The predicted octanol–water partition coefficient (Wildman–Crippen LogP) is -1.08. The molecule has 0 aromatic heterocycles. The van der Waals surface area contributed by atoms with Crippen molar-refractivity contribution in [2.75, 3.05) is 24.7 Å². The van der Waals surface area contributed by atoms with E-state index in [1.54, 1.807) is 0 Å². The topological polar surface area (TPSA) is 87.5 Å². The Morgan fingerprint density at radius 1 is 1.50 bits per heavy atom. The van der Waals surface area contributed by atoms with Crippen LogP contribution < -0.4 is 0 Å². The van der Waals surface area contributed by atoms with Crippen LogP contribution in [0.15, 0.2) is 0 Å². The number of nitriles is 1. The lowest BCUT2D eigenvalue weighted by atomic mass is 10.2. The van der Waals surface area contributed by atoms with E-state index < -0.39 is 15.9 Å². The van der Waals surface area contributed by atoms with E-state index in [4.69, 9.17) is 10.00 Å². The number of hydrogen-bond donors (Lipinski definition) is 0. The first kappa shape index (κ1) is 11.4. The fraction of sp³-hybridized carbons (Fsp3) is 0.778. The average molecular weight is 244 g/mol. The van der Waals surface area contributed by atoms with Crippen molar-refractivity contribution >= 4 is 15.7 Å². The Kier molecular flexibility index (Phi) is 2.86. The van der Waals surface area contributed by atoms with Crippen molar-refractivity contribution in [1.29, 1.82) is 5.26 Å². The van der Waals surface area contributed by atoms with Gasteiger partial charge in [-0.05, 0) is 6.42 Å². The Balaban J connectivity index is 2.09.